The number of halogens is 1. The molecular weight excluding hydrogens is 521 g/mol. The average Bonchev–Trinajstić information content (AvgIpc) is 2.79. The highest BCUT2D eigenvalue weighted by atomic mass is 127. The van der Waals surface area contributed by atoms with E-state index in [4.69, 9.17) is 9.47 Å². The van der Waals surface area contributed by atoms with Crippen LogP contribution in [0.3, 0.4) is 0 Å². The molecule has 0 fully saturated rings. The Kier molecular flexibility index (Phi) is 8.20. The van der Waals surface area contributed by atoms with Crippen molar-refractivity contribution in [3.8, 4) is 11.5 Å². The molecule has 2 amide bonds. The second-order valence-electron chi connectivity index (χ2n) is 6.77. The summed E-state index contributed by atoms with van der Waals surface area (Å²) in [4.78, 5) is 24.4. The number of anilines is 1. The van der Waals surface area contributed by atoms with Gasteiger partial charge in [-0.2, -0.15) is 5.10 Å². The third-order valence-corrected chi connectivity index (χ3v) is 5.10. The van der Waals surface area contributed by atoms with E-state index < -0.39 is 0 Å². The maximum absolute atomic E-state index is 12.2. The van der Waals surface area contributed by atoms with Crippen LogP contribution in [0.25, 0.3) is 0 Å². The van der Waals surface area contributed by atoms with Crippen molar-refractivity contribution < 1.29 is 19.1 Å². The molecule has 0 aliphatic heterocycles. The molecule has 3 aromatic rings. The Morgan fingerprint density at radius 3 is 2.59 bits per heavy atom. The van der Waals surface area contributed by atoms with Crippen LogP contribution in [0.2, 0.25) is 0 Å². The van der Waals surface area contributed by atoms with Gasteiger partial charge in [-0.1, -0.05) is 24.3 Å². The van der Waals surface area contributed by atoms with Gasteiger partial charge in [-0.15, -0.1) is 0 Å². The Labute approximate surface area is 200 Å². The van der Waals surface area contributed by atoms with Crippen LogP contribution in [0.15, 0.2) is 71.8 Å². The normalized spacial score (nSPS) is 10.6. The van der Waals surface area contributed by atoms with Gasteiger partial charge in [0.2, 0.25) is 0 Å². The number of amides is 2. The lowest BCUT2D eigenvalue weighted by Crippen LogP contribution is -2.20. The number of hydrogen-bond donors (Lipinski definition) is 2. The Bertz CT molecular complexity index is 1150. The second kappa shape index (κ2) is 11.3. The van der Waals surface area contributed by atoms with E-state index in [1.165, 1.54) is 13.3 Å². The molecule has 164 valence electrons. The number of carbonyl (C=O) groups excluding carboxylic acids is 2. The number of benzene rings is 3. The molecule has 0 aliphatic rings. The number of hydrazone groups is 1. The quantitative estimate of drug-likeness (QED) is 0.251. The van der Waals surface area contributed by atoms with Crippen molar-refractivity contribution in [1.29, 1.82) is 0 Å². The van der Waals surface area contributed by atoms with E-state index in [2.05, 4.69) is 38.4 Å². The van der Waals surface area contributed by atoms with Crippen molar-refractivity contribution in [2.45, 2.75) is 6.92 Å². The summed E-state index contributed by atoms with van der Waals surface area (Å²) in [5.74, 6) is 0.297. The van der Waals surface area contributed by atoms with Crippen LogP contribution in [-0.2, 0) is 4.79 Å². The molecule has 0 aliphatic carbocycles. The monoisotopic (exact) mass is 543 g/mol. The van der Waals surface area contributed by atoms with Crippen molar-refractivity contribution in [2.24, 2.45) is 5.10 Å². The van der Waals surface area contributed by atoms with E-state index in [1.54, 1.807) is 30.3 Å². The summed E-state index contributed by atoms with van der Waals surface area (Å²) in [5, 5.41) is 6.81. The highest BCUT2D eigenvalue weighted by Gasteiger charge is 2.10. The van der Waals surface area contributed by atoms with Crippen LogP contribution in [-0.4, -0.2) is 31.7 Å². The topological polar surface area (TPSA) is 89.0 Å². The summed E-state index contributed by atoms with van der Waals surface area (Å²) in [6.07, 6.45) is 1.50. The minimum absolute atomic E-state index is 0.163. The number of methoxy groups -OCH3 is 1. The molecule has 0 saturated heterocycles. The summed E-state index contributed by atoms with van der Waals surface area (Å²) in [6.45, 7) is 1.76. The first-order valence-corrected chi connectivity index (χ1v) is 10.8. The van der Waals surface area contributed by atoms with E-state index in [0.717, 1.165) is 14.8 Å². The predicted octanol–water partition coefficient (Wildman–Crippen LogP) is 4.39. The van der Waals surface area contributed by atoms with E-state index in [-0.39, 0.29) is 18.4 Å². The van der Waals surface area contributed by atoms with Gasteiger partial charge in [-0.25, -0.2) is 5.43 Å². The number of carbonyl (C=O) groups is 2. The zero-order valence-electron chi connectivity index (χ0n) is 17.6. The molecule has 7 nitrogen and oxygen atoms in total. The third kappa shape index (κ3) is 6.55. The highest BCUT2D eigenvalue weighted by Crippen LogP contribution is 2.27. The van der Waals surface area contributed by atoms with Gasteiger partial charge >= 0.3 is 0 Å². The molecule has 0 aromatic heterocycles. The largest absolute Gasteiger partial charge is 0.493 e. The molecule has 0 saturated carbocycles. The van der Waals surface area contributed by atoms with Crippen molar-refractivity contribution in [2.75, 3.05) is 19.0 Å². The summed E-state index contributed by atoms with van der Waals surface area (Å²) in [7, 11) is 1.51. The lowest BCUT2D eigenvalue weighted by molar-refractivity contribution is -0.118. The summed E-state index contributed by atoms with van der Waals surface area (Å²) in [6, 6.07) is 19.9. The fourth-order valence-corrected chi connectivity index (χ4v) is 3.33. The number of hydrogen-bond acceptors (Lipinski definition) is 5. The van der Waals surface area contributed by atoms with Gasteiger partial charge in [-0.3, -0.25) is 9.59 Å². The molecule has 0 bridgehead atoms. The SMILES string of the molecule is COc1cc(/C=N\NC(=O)c2cccc(I)c2)ccc1OCC(=O)Nc1ccccc1C. The fraction of sp³-hybridized carbons (Fsp3) is 0.125. The van der Waals surface area contributed by atoms with Gasteiger partial charge in [0.25, 0.3) is 11.8 Å². The van der Waals surface area contributed by atoms with Crippen molar-refractivity contribution >= 4 is 46.3 Å². The van der Waals surface area contributed by atoms with Crippen LogP contribution in [0.1, 0.15) is 21.5 Å². The van der Waals surface area contributed by atoms with Crippen molar-refractivity contribution in [3.05, 3.63) is 87.0 Å². The van der Waals surface area contributed by atoms with Crippen LogP contribution in [0.4, 0.5) is 5.69 Å². The zero-order chi connectivity index (χ0) is 22.9. The number of nitrogens with zero attached hydrogens (tertiary/aromatic N) is 1. The summed E-state index contributed by atoms with van der Waals surface area (Å²) < 4.78 is 11.9. The van der Waals surface area contributed by atoms with Gasteiger partial charge in [-0.05, 0) is 83.1 Å². The lowest BCUT2D eigenvalue weighted by atomic mass is 10.2. The van der Waals surface area contributed by atoms with Crippen molar-refractivity contribution in [3.63, 3.8) is 0 Å². The maximum atomic E-state index is 12.2. The number of nitrogens with one attached hydrogen (secondary N) is 2. The molecule has 0 heterocycles. The van der Waals surface area contributed by atoms with Crippen LogP contribution < -0.4 is 20.2 Å². The lowest BCUT2D eigenvalue weighted by Gasteiger charge is -2.12. The predicted molar refractivity (Wildman–Crippen MR) is 133 cm³/mol. The molecule has 0 spiro atoms. The highest BCUT2D eigenvalue weighted by molar-refractivity contribution is 14.1. The smallest absolute Gasteiger partial charge is 0.271 e. The van der Waals surface area contributed by atoms with Gasteiger partial charge in [0.15, 0.2) is 18.1 Å². The molecule has 8 heteroatoms. The first-order valence-electron chi connectivity index (χ1n) is 9.71. The van der Waals surface area contributed by atoms with Gasteiger partial charge in [0, 0.05) is 14.8 Å². The Morgan fingerprint density at radius 1 is 1.03 bits per heavy atom. The molecule has 2 N–H and O–H groups in total. The van der Waals surface area contributed by atoms with E-state index in [1.807, 2.05) is 43.3 Å². The van der Waals surface area contributed by atoms with E-state index >= 15 is 0 Å². The van der Waals surface area contributed by atoms with Gasteiger partial charge in [0.05, 0.1) is 13.3 Å². The van der Waals surface area contributed by atoms with Gasteiger partial charge in [0.1, 0.15) is 0 Å². The Morgan fingerprint density at radius 2 is 1.84 bits per heavy atom. The number of ether oxygens (including phenoxy) is 2. The molecule has 0 unspecified atom stereocenters. The minimum atomic E-state index is -0.300. The van der Waals surface area contributed by atoms with Crippen molar-refractivity contribution in [1.82, 2.24) is 5.43 Å². The fourth-order valence-electron chi connectivity index (χ4n) is 2.79. The van der Waals surface area contributed by atoms with E-state index in [0.29, 0.717) is 22.6 Å². The van der Waals surface area contributed by atoms with Crippen LogP contribution >= 0.6 is 22.6 Å². The number of rotatable bonds is 8. The molecule has 0 radical (unpaired) electrons. The first-order chi connectivity index (χ1) is 15.5. The molecule has 32 heavy (non-hydrogen) atoms. The maximum Gasteiger partial charge on any atom is 0.271 e. The summed E-state index contributed by atoms with van der Waals surface area (Å²) in [5.41, 5.74) is 5.43. The number of para-hydroxylation sites is 1. The van der Waals surface area contributed by atoms with Crippen LogP contribution in [0.5, 0.6) is 11.5 Å². The Hall–Kier alpha value is -3.40. The molecular formula is C24H22IN3O4. The average molecular weight is 543 g/mol. The first kappa shape index (κ1) is 23.3. The Balaban J connectivity index is 1.58. The molecule has 0 atom stereocenters. The van der Waals surface area contributed by atoms with E-state index in [9.17, 15) is 9.59 Å². The molecule has 3 rings (SSSR count). The standard InChI is InChI=1S/C24H22IN3O4/c1-16-6-3-4-9-20(16)27-23(29)15-32-21-11-10-17(12-22(21)31-2)14-26-28-24(30)18-7-5-8-19(25)13-18/h3-14H,15H2,1-2H3,(H,27,29)(H,28,30)/b26-14-. The third-order valence-electron chi connectivity index (χ3n) is 4.43. The number of aryl methyl sites for hydroxylation is 1. The minimum Gasteiger partial charge on any atom is -0.493 e. The van der Waals surface area contributed by atoms with Crippen LogP contribution in [0, 0.1) is 10.5 Å². The molecule has 3 aromatic carbocycles. The summed E-state index contributed by atoms with van der Waals surface area (Å²) >= 11 is 2.14. The van der Waals surface area contributed by atoms with Gasteiger partial charge < -0.3 is 14.8 Å². The second-order valence-corrected chi connectivity index (χ2v) is 8.02. The zero-order valence-corrected chi connectivity index (χ0v) is 19.8.